The van der Waals surface area contributed by atoms with Crippen LogP contribution in [0.4, 0.5) is 0 Å². The van der Waals surface area contributed by atoms with Crippen LogP contribution in [0.25, 0.3) is 0 Å². The molecule has 0 spiro atoms. The number of halogens is 1. The molecule has 4 nitrogen and oxygen atoms in total. The van der Waals surface area contributed by atoms with Gasteiger partial charge in [-0.25, -0.2) is 3.53 Å². The van der Waals surface area contributed by atoms with Crippen LogP contribution in [0, 0.1) is 5.92 Å². The van der Waals surface area contributed by atoms with Crippen LogP contribution in [0.2, 0.25) is 0 Å². The molecule has 1 aromatic carbocycles. The van der Waals surface area contributed by atoms with E-state index < -0.39 is 0 Å². The van der Waals surface area contributed by atoms with Crippen molar-refractivity contribution in [3.8, 4) is 0 Å². The predicted molar refractivity (Wildman–Crippen MR) is 85.6 cm³/mol. The molecule has 0 aliphatic carbocycles. The third-order valence-corrected chi connectivity index (χ3v) is 4.25. The summed E-state index contributed by atoms with van der Waals surface area (Å²) in [5, 5.41) is 0. The molecule has 1 unspecified atom stereocenters. The monoisotopic (exact) mass is 389 g/mol. The van der Waals surface area contributed by atoms with Crippen LogP contribution in [-0.2, 0) is 20.7 Å². The second-order valence-electron chi connectivity index (χ2n) is 5.04. The summed E-state index contributed by atoms with van der Waals surface area (Å²) < 4.78 is 13.8. The molecule has 110 valence electrons. The number of hydrogen-bond donors (Lipinski definition) is 1. The molecule has 1 heterocycles. The van der Waals surface area contributed by atoms with E-state index in [4.69, 9.17) is 9.47 Å². The number of hydrogen-bond acceptors (Lipinski definition) is 4. The molecular weight excluding hydrogens is 369 g/mol. The third kappa shape index (κ3) is 5.03. The molecule has 1 aromatic rings. The zero-order chi connectivity index (χ0) is 14.2. The minimum Gasteiger partial charge on any atom is -0.464 e. The van der Waals surface area contributed by atoms with Crippen LogP contribution >= 0.6 is 22.9 Å². The number of carbonyl (C=O) groups excluding carboxylic acids is 1. The summed E-state index contributed by atoms with van der Waals surface area (Å²) in [5.41, 5.74) is 1.13. The molecule has 1 saturated heterocycles. The Hall–Kier alpha value is -0.660. The van der Waals surface area contributed by atoms with Crippen LogP contribution in [0.1, 0.15) is 18.4 Å². The highest BCUT2D eigenvalue weighted by molar-refractivity contribution is 14.1. The van der Waals surface area contributed by atoms with Crippen molar-refractivity contribution in [2.45, 2.75) is 25.3 Å². The molecule has 1 atom stereocenters. The third-order valence-electron chi connectivity index (χ3n) is 3.50. The molecule has 0 radical (unpaired) electrons. The average molecular weight is 389 g/mol. The SMILES string of the molecule is O=C(OCC1CCOCC1)C(Cc1ccccc1)NI. The van der Waals surface area contributed by atoms with Gasteiger partial charge in [-0.1, -0.05) is 30.3 Å². The van der Waals surface area contributed by atoms with E-state index in [-0.39, 0.29) is 12.0 Å². The molecule has 5 heteroatoms. The minimum atomic E-state index is -0.294. The van der Waals surface area contributed by atoms with Gasteiger partial charge in [0.25, 0.3) is 0 Å². The van der Waals surface area contributed by atoms with Gasteiger partial charge in [0, 0.05) is 36.1 Å². The predicted octanol–water partition coefficient (Wildman–Crippen LogP) is 2.51. The molecular formula is C15H20INO3. The average Bonchev–Trinajstić information content (AvgIpc) is 2.52. The van der Waals surface area contributed by atoms with Crippen molar-refractivity contribution in [2.24, 2.45) is 5.92 Å². The van der Waals surface area contributed by atoms with Gasteiger partial charge in [-0.3, -0.25) is 4.79 Å². The number of rotatable bonds is 6. The first kappa shape index (κ1) is 15.7. The molecule has 1 fully saturated rings. The number of nitrogens with one attached hydrogen (secondary N) is 1. The Kier molecular flexibility index (Phi) is 6.75. The molecule has 0 aromatic heterocycles. The van der Waals surface area contributed by atoms with Gasteiger partial charge in [0.1, 0.15) is 6.04 Å². The zero-order valence-electron chi connectivity index (χ0n) is 11.4. The lowest BCUT2D eigenvalue weighted by molar-refractivity contribution is -0.147. The highest BCUT2D eigenvalue weighted by Crippen LogP contribution is 2.15. The largest absolute Gasteiger partial charge is 0.464 e. The highest BCUT2D eigenvalue weighted by atomic mass is 127. The Morgan fingerprint density at radius 2 is 2.05 bits per heavy atom. The van der Waals surface area contributed by atoms with Crippen molar-refractivity contribution in [1.82, 2.24) is 3.53 Å². The van der Waals surface area contributed by atoms with Crippen LogP contribution in [0.15, 0.2) is 30.3 Å². The van der Waals surface area contributed by atoms with Gasteiger partial charge in [0.2, 0.25) is 0 Å². The summed E-state index contributed by atoms with van der Waals surface area (Å²) in [4.78, 5) is 12.1. The highest BCUT2D eigenvalue weighted by Gasteiger charge is 2.21. The van der Waals surface area contributed by atoms with E-state index in [1.165, 1.54) is 0 Å². The van der Waals surface area contributed by atoms with Crippen molar-refractivity contribution in [3.63, 3.8) is 0 Å². The topological polar surface area (TPSA) is 47.6 Å². The van der Waals surface area contributed by atoms with E-state index in [2.05, 4.69) is 3.53 Å². The molecule has 0 amide bonds. The summed E-state index contributed by atoms with van der Waals surface area (Å²) in [5.74, 6) is 0.272. The summed E-state index contributed by atoms with van der Waals surface area (Å²) in [7, 11) is 0. The van der Waals surface area contributed by atoms with Crippen LogP contribution in [0.5, 0.6) is 0 Å². The van der Waals surface area contributed by atoms with Crippen LogP contribution < -0.4 is 3.53 Å². The first-order valence-corrected chi connectivity index (χ1v) is 8.02. The quantitative estimate of drug-likeness (QED) is 0.462. The fourth-order valence-corrected chi connectivity index (χ4v) is 2.70. The van der Waals surface area contributed by atoms with Gasteiger partial charge in [-0.15, -0.1) is 0 Å². The van der Waals surface area contributed by atoms with E-state index in [9.17, 15) is 4.79 Å². The van der Waals surface area contributed by atoms with Crippen molar-refractivity contribution < 1.29 is 14.3 Å². The van der Waals surface area contributed by atoms with Crippen molar-refractivity contribution in [1.29, 1.82) is 0 Å². The van der Waals surface area contributed by atoms with E-state index in [1.807, 2.05) is 53.2 Å². The van der Waals surface area contributed by atoms with Crippen molar-refractivity contribution in [3.05, 3.63) is 35.9 Å². The first-order chi connectivity index (χ1) is 9.79. The molecule has 0 saturated carbocycles. The van der Waals surface area contributed by atoms with E-state index >= 15 is 0 Å². The van der Waals surface area contributed by atoms with Gasteiger partial charge in [-0.05, 0) is 30.7 Å². The number of ether oxygens (including phenoxy) is 2. The molecule has 1 aliphatic heterocycles. The van der Waals surface area contributed by atoms with Crippen LogP contribution in [-0.4, -0.2) is 31.8 Å². The summed E-state index contributed by atoms with van der Waals surface area (Å²) in [6.07, 6.45) is 2.61. The molecule has 0 bridgehead atoms. The maximum atomic E-state index is 12.1. The van der Waals surface area contributed by atoms with Crippen LogP contribution in [0.3, 0.4) is 0 Å². The van der Waals surface area contributed by atoms with Crippen molar-refractivity contribution >= 4 is 28.8 Å². The summed E-state index contributed by atoms with van der Waals surface area (Å²) in [6.45, 7) is 2.06. The van der Waals surface area contributed by atoms with Gasteiger partial charge in [-0.2, -0.15) is 0 Å². The molecule has 1 N–H and O–H groups in total. The van der Waals surface area contributed by atoms with Gasteiger partial charge >= 0.3 is 5.97 Å². The molecule has 20 heavy (non-hydrogen) atoms. The smallest absolute Gasteiger partial charge is 0.324 e. The lowest BCUT2D eigenvalue weighted by Gasteiger charge is -2.22. The normalized spacial score (nSPS) is 17.6. The van der Waals surface area contributed by atoms with E-state index in [0.29, 0.717) is 18.9 Å². The maximum Gasteiger partial charge on any atom is 0.324 e. The fourth-order valence-electron chi connectivity index (χ4n) is 2.23. The van der Waals surface area contributed by atoms with Gasteiger partial charge in [0.05, 0.1) is 6.61 Å². The Bertz CT molecular complexity index is 407. The molecule has 1 aliphatic rings. The number of esters is 1. The zero-order valence-corrected chi connectivity index (χ0v) is 13.5. The van der Waals surface area contributed by atoms with Gasteiger partial charge in [0.15, 0.2) is 0 Å². The van der Waals surface area contributed by atoms with E-state index in [0.717, 1.165) is 31.6 Å². The Morgan fingerprint density at radius 1 is 1.35 bits per heavy atom. The Morgan fingerprint density at radius 3 is 2.70 bits per heavy atom. The standard InChI is InChI=1S/C15H20INO3/c16-17-14(10-12-4-2-1-3-5-12)15(18)20-11-13-6-8-19-9-7-13/h1-5,13-14,17H,6-11H2. The number of benzene rings is 1. The lowest BCUT2D eigenvalue weighted by atomic mass is 10.0. The Balaban J connectivity index is 1.79. The maximum absolute atomic E-state index is 12.1. The fraction of sp³-hybridized carbons (Fsp3) is 0.533. The molecule has 2 rings (SSSR count). The summed E-state index contributed by atoms with van der Waals surface area (Å²) in [6, 6.07) is 9.68. The lowest BCUT2D eigenvalue weighted by Crippen LogP contribution is -2.35. The minimum absolute atomic E-state index is 0.172. The van der Waals surface area contributed by atoms with Crippen molar-refractivity contribution in [2.75, 3.05) is 19.8 Å². The second kappa shape index (κ2) is 8.59. The second-order valence-corrected chi connectivity index (χ2v) is 5.66. The number of carbonyl (C=O) groups is 1. The van der Waals surface area contributed by atoms with E-state index in [1.54, 1.807) is 0 Å². The first-order valence-electron chi connectivity index (χ1n) is 6.94. The Labute approximate surface area is 133 Å². The summed E-state index contributed by atoms with van der Waals surface area (Å²) >= 11 is 2.01. The van der Waals surface area contributed by atoms with Gasteiger partial charge < -0.3 is 9.47 Å².